The number of rotatable bonds is 3. The van der Waals surface area contributed by atoms with Crippen molar-refractivity contribution >= 4 is 23.2 Å². The van der Waals surface area contributed by atoms with Gasteiger partial charge in [0.2, 0.25) is 0 Å². The summed E-state index contributed by atoms with van der Waals surface area (Å²) in [5, 5.41) is 0.590. The Labute approximate surface area is 122 Å². The van der Waals surface area contributed by atoms with Gasteiger partial charge in [-0.3, -0.25) is 0 Å². The van der Waals surface area contributed by atoms with Gasteiger partial charge >= 0.3 is 5.97 Å². The Morgan fingerprint density at radius 1 is 1.11 bits per heavy atom. The SMILES string of the molecule is CCCC12COC(c3cc(Cl)nc(Cl)c3)(OC1)OC2. The van der Waals surface area contributed by atoms with Crippen molar-refractivity contribution in [3.63, 3.8) is 0 Å². The van der Waals surface area contributed by atoms with Gasteiger partial charge in [0, 0.05) is 11.0 Å². The minimum absolute atomic E-state index is 0.0167. The zero-order chi connectivity index (χ0) is 13.5. The topological polar surface area (TPSA) is 40.6 Å². The summed E-state index contributed by atoms with van der Waals surface area (Å²) in [6.45, 7) is 4.02. The van der Waals surface area contributed by atoms with Crippen LogP contribution in [0.2, 0.25) is 10.3 Å². The lowest BCUT2D eigenvalue weighted by Gasteiger charge is -2.51. The van der Waals surface area contributed by atoms with Gasteiger partial charge in [-0.2, -0.15) is 0 Å². The smallest absolute Gasteiger partial charge is 0.312 e. The molecule has 104 valence electrons. The Bertz CT molecular complexity index is 450. The van der Waals surface area contributed by atoms with Crippen LogP contribution in [0.3, 0.4) is 0 Å². The Morgan fingerprint density at radius 2 is 1.63 bits per heavy atom. The van der Waals surface area contributed by atoms with Gasteiger partial charge < -0.3 is 14.2 Å². The molecule has 4 heterocycles. The molecule has 3 aliphatic rings. The number of hydrogen-bond acceptors (Lipinski definition) is 4. The van der Waals surface area contributed by atoms with E-state index in [0.717, 1.165) is 12.8 Å². The first kappa shape index (κ1) is 13.6. The van der Waals surface area contributed by atoms with E-state index in [1.807, 2.05) is 0 Å². The molecule has 19 heavy (non-hydrogen) atoms. The second kappa shape index (κ2) is 4.86. The van der Waals surface area contributed by atoms with Crippen molar-refractivity contribution in [3.8, 4) is 0 Å². The molecule has 0 aliphatic carbocycles. The minimum Gasteiger partial charge on any atom is -0.323 e. The summed E-state index contributed by atoms with van der Waals surface area (Å²) in [6.07, 6.45) is 2.11. The first-order valence-electron chi connectivity index (χ1n) is 6.33. The van der Waals surface area contributed by atoms with E-state index in [1.54, 1.807) is 12.1 Å². The van der Waals surface area contributed by atoms with Crippen LogP contribution in [0.4, 0.5) is 0 Å². The largest absolute Gasteiger partial charge is 0.323 e. The van der Waals surface area contributed by atoms with Crippen LogP contribution in [-0.4, -0.2) is 24.8 Å². The van der Waals surface area contributed by atoms with Crippen LogP contribution < -0.4 is 0 Å². The Kier molecular flexibility index (Phi) is 3.48. The third-order valence-electron chi connectivity index (χ3n) is 3.60. The molecular formula is C13H15Cl2NO3. The summed E-state index contributed by atoms with van der Waals surface area (Å²) in [7, 11) is 0. The molecule has 4 rings (SSSR count). The van der Waals surface area contributed by atoms with E-state index in [-0.39, 0.29) is 5.41 Å². The highest BCUT2D eigenvalue weighted by molar-refractivity contribution is 6.32. The zero-order valence-corrected chi connectivity index (χ0v) is 12.1. The summed E-state index contributed by atoms with van der Waals surface area (Å²) in [6, 6.07) is 3.32. The van der Waals surface area contributed by atoms with Gasteiger partial charge in [-0.05, 0) is 18.6 Å². The molecule has 2 bridgehead atoms. The highest BCUT2D eigenvalue weighted by Gasteiger charge is 2.53. The van der Waals surface area contributed by atoms with Gasteiger partial charge in [0.25, 0.3) is 0 Å². The molecular weight excluding hydrogens is 289 g/mol. The molecule has 0 unspecified atom stereocenters. The van der Waals surface area contributed by atoms with E-state index in [1.165, 1.54) is 0 Å². The molecule has 0 radical (unpaired) electrons. The maximum atomic E-state index is 5.92. The molecule has 1 aromatic heterocycles. The first-order valence-corrected chi connectivity index (χ1v) is 7.09. The molecule has 1 aromatic rings. The number of hydrogen-bond donors (Lipinski definition) is 0. The van der Waals surface area contributed by atoms with Crippen LogP contribution in [0, 0.1) is 5.41 Å². The lowest BCUT2D eigenvalue weighted by Crippen LogP contribution is -2.58. The van der Waals surface area contributed by atoms with Crippen molar-refractivity contribution < 1.29 is 14.2 Å². The van der Waals surface area contributed by atoms with E-state index >= 15 is 0 Å². The summed E-state index contributed by atoms with van der Waals surface area (Å²) in [5.41, 5.74) is 0.638. The standard InChI is InChI=1S/C13H15Cl2NO3/c1-2-3-12-6-17-13(18-7-12,19-8-12)9-4-10(14)16-11(15)5-9/h4-5H,2-3,6-8H2,1H3. The van der Waals surface area contributed by atoms with Crippen LogP contribution >= 0.6 is 23.2 Å². The molecule has 0 saturated carbocycles. The Hall–Kier alpha value is -0.390. The van der Waals surface area contributed by atoms with Crippen LogP contribution in [0.25, 0.3) is 0 Å². The molecule has 0 aromatic carbocycles. The van der Waals surface area contributed by atoms with Gasteiger partial charge in [0.1, 0.15) is 10.3 Å². The fraction of sp³-hybridized carbons (Fsp3) is 0.615. The molecule has 0 amide bonds. The first-order chi connectivity index (χ1) is 9.07. The number of ether oxygens (including phenoxy) is 3. The molecule has 6 heteroatoms. The predicted octanol–water partition coefficient (Wildman–Crippen LogP) is 3.36. The number of halogens is 2. The zero-order valence-electron chi connectivity index (χ0n) is 10.6. The third-order valence-corrected chi connectivity index (χ3v) is 3.99. The monoisotopic (exact) mass is 303 g/mol. The summed E-state index contributed by atoms with van der Waals surface area (Å²) >= 11 is 11.8. The van der Waals surface area contributed by atoms with Crippen LogP contribution in [0.5, 0.6) is 0 Å². The number of pyridine rings is 1. The Morgan fingerprint density at radius 3 is 2.11 bits per heavy atom. The van der Waals surface area contributed by atoms with Crippen LogP contribution in [0.1, 0.15) is 25.3 Å². The minimum atomic E-state index is -1.17. The lowest BCUT2D eigenvalue weighted by atomic mass is 9.84. The van der Waals surface area contributed by atoms with E-state index < -0.39 is 5.97 Å². The second-order valence-electron chi connectivity index (χ2n) is 5.17. The molecule has 3 fully saturated rings. The molecule has 0 N–H and O–H groups in total. The van der Waals surface area contributed by atoms with Gasteiger partial charge in [-0.15, -0.1) is 0 Å². The van der Waals surface area contributed by atoms with Crippen molar-refractivity contribution in [3.05, 3.63) is 28.0 Å². The average molecular weight is 304 g/mol. The van der Waals surface area contributed by atoms with Crippen molar-refractivity contribution in [1.82, 2.24) is 4.98 Å². The Balaban J connectivity index is 1.87. The fourth-order valence-corrected chi connectivity index (χ4v) is 3.09. The maximum Gasteiger partial charge on any atom is 0.312 e. The number of nitrogens with zero attached hydrogens (tertiary/aromatic N) is 1. The maximum absolute atomic E-state index is 5.92. The number of aromatic nitrogens is 1. The van der Waals surface area contributed by atoms with Gasteiger partial charge in [0.05, 0.1) is 19.8 Å². The van der Waals surface area contributed by atoms with Gasteiger partial charge in [-0.25, -0.2) is 4.98 Å². The van der Waals surface area contributed by atoms with E-state index in [4.69, 9.17) is 37.4 Å². The summed E-state index contributed by atoms with van der Waals surface area (Å²) in [4.78, 5) is 3.91. The van der Waals surface area contributed by atoms with Crippen molar-refractivity contribution in [1.29, 1.82) is 0 Å². The normalized spacial score (nSPS) is 33.6. The molecule has 4 nitrogen and oxygen atoms in total. The quantitative estimate of drug-likeness (QED) is 0.803. The third kappa shape index (κ3) is 2.36. The van der Waals surface area contributed by atoms with E-state index in [9.17, 15) is 0 Å². The average Bonchev–Trinajstić information content (AvgIpc) is 2.40. The van der Waals surface area contributed by atoms with E-state index in [0.29, 0.717) is 35.7 Å². The van der Waals surface area contributed by atoms with Crippen molar-refractivity contribution in [2.75, 3.05) is 19.8 Å². The number of fused-ring (bicyclic) bond motifs is 3. The molecule has 0 spiro atoms. The van der Waals surface area contributed by atoms with Gasteiger partial charge in [0.15, 0.2) is 0 Å². The summed E-state index contributed by atoms with van der Waals surface area (Å²) in [5.74, 6) is -1.17. The molecule has 3 aliphatic heterocycles. The van der Waals surface area contributed by atoms with E-state index in [2.05, 4.69) is 11.9 Å². The highest BCUT2D eigenvalue weighted by Crippen LogP contribution is 2.46. The van der Waals surface area contributed by atoms with Crippen molar-refractivity contribution in [2.45, 2.75) is 25.7 Å². The molecule has 0 atom stereocenters. The fourth-order valence-electron chi connectivity index (χ4n) is 2.63. The summed E-state index contributed by atoms with van der Waals surface area (Å²) < 4.78 is 17.5. The van der Waals surface area contributed by atoms with Crippen LogP contribution in [-0.2, 0) is 20.2 Å². The second-order valence-corrected chi connectivity index (χ2v) is 5.95. The van der Waals surface area contributed by atoms with Crippen molar-refractivity contribution in [2.24, 2.45) is 5.41 Å². The van der Waals surface area contributed by atoms with Gasteiger partial charge in [-0.1, -0.05) is 36.5 Å². The predicted molar refractivity (Wildman–Crippen MR) is 71.1 cm³/mol. The molecule has 3 saturated heterocycles. The van der Waals surface area contributed by atoms with Crippen LogP contribution in [0.15, 0.2) is 12.1 Å². The highest BCUT2D eigenvalue weighted by atomic mass is 35.5. The lowest BCUT2D eigenvalue weighted by molar-refractivity contribution is -0.480.